The summed E-state index contributed by atoms with van der Waals surface area (Å²) in [5.41, 5.74) is 3.41. The predicted octanol–water partition coefficient (Wildman–Crippen LogP) is 4.96. The van der Waals surface area contributed by atoms with Crippen LogP contribution in [0.4, 0.5) is 0 Å². The minimum absolute atomic E-state index is 0.0647. The third kappa shape index (κ3) is 3.87. The lowest BCUT2D eigenvalue weighted by atomic mass is 9.84. The van der Waals surface area contributed by atoms with Crippen LogP contribution in [0.2, 0.25) is 0 Å². The lowest BCUT2D eigenvalue weighted by molar-refractivity contribution is 0.0690. The van der Waals surface area contributed by atoms with Crippen LogP contribution in [0.3, 0.4) is 0 Å². The number of carbonyl (C=O) groups excluding carboxylic acids is 1. The van der Waals surface area contributed by atoms with E-state index in [1.54, 1.807) is 29.3 Å². The molecule has 5 nitrogen and oxygen atoms in total. The average Bonchev–Trinajstić information content (AvgIpc) is 3.35. The molecule has 2 heterocycles. The van der Waals surface area contributed by atoms with E-state index in [-0.39, 0.29) is 23.1 Å². The van der Waals surface area contributed by atoms with Crippen molar-refractivity contribution in [2.24, 2.45) is 5.92 Å². The molecule has 0 radical (unpaired) electrons. The lowest BCUT2D eigenvalue weighted by Crippen LogP contribution is -2.38. The Morgan fingerprint density at radius 1 is 0.839 bits per heavy atom. The highest BCUT2D eigenvalue weighted by Gasteiger charge is 2.43. The number of carboxylic acids is 1. The number of nitrogens with one attached hydrogen (secondary N) is 1. The van der Waals surface area contributed by atoms with Gasteiger partial charge in [0.05, 0.1) is 11.1 Å². The molecule has 2 atom stereocenters. The van der Waals surface area contributed by atoms with Crippen molar-refractivity contribution in [1.29, 1.82) is 0 Å². The molecule has 2 aliphatic heterocycles. The van der Waals surface area contributed by atoms with Crippen molar-refractivity contribution in [2.75, 3.05) is 6.54 Å². The topological polar surface area (TPSA) is 69.6 Å². The van der Waals surface area contributed by atoms with Crippen LogP contribution in [0.15, 0.2) is 48.5 Å². The molecule has 2 bridgehead atoms. The molecular weight excluding hydrogens is 388 g/mol. The first-order valence-corrected chi connectivity index (χ1v) is 11.6. The van der Waals surface area contributed by atoms with E-state index in [4.69, 9.17) is 0 Å². The van der Waals surface area contributed by atoms with Gasteiger partial charge in [0.2, 0.25) is 0 Å². The number of fused-ring (bicyclic) bond motifs is 5. The minimum Gasteiger partial charge on any atom is -0.478 e. The van der Waals surface area contributed by atoms with Crippen molar-refractivity contribution in [2.45, 2.75) is 63.1 Å². The molecule has 2 aromatic carbocycles. The van der Waals surface area contributed by atoms with Gasteiger partial charge in [-0.25, -0.2) is 4.79 Å². The maximum Gasteiger partial charge on any atom is 0.336 e. The summed E-state index contributed by atoms with van der Waals surface area (Å²) in [5, 5.41) is 12.4. The number of hydrogen-bond donors (Lipinski definition) is 2. The largest absolute Gasteiger partial charge is 0.478 e. The van der Waals surface area contributed by atoms with Crippen LogP contribution in [0.5, 0.6) is 0 Å². The van der Waals surface area contributed by atoms with Crippen LogP contribution in [0.1, 0.15) is 88.9 Å². The molecule has 1 aliphatic carbocycles. The lowest BCUT2D eigenvalue weighted by Gasteiger charge is -2.31. The fraction of sp³-hybridized carbons (Fsp3) is 0.462. The van der Waals surface area contributed by atoms with Gasteiger partial charge in [-0.3, -0.25) is 9.69 Å². The monoisotopic (exact) mass is 418 g/mol. The molecule has 0 aromatic heterocycles. The number of benzene rings is 2. The van der Waals surface area contributed by atoms with Gasteiger partial charge in [-0.2, -0.15) is 0 Å². The zero-order valence-electron chi connectivity index (χ0n) is 17.8. The first-order chi connectivity index (χ1) is 15.1. The summed E-state index contributed by atoms with van der Waals surface area (Å²) in [7, 11) is 0. The van der Waals surface area contributed by atoms with Gasteiger partial charge in [0.25, 0.3) is 5.91 Å². The predicted molar refractivity (Wildman–Crippen MR) is 119 cm³/mol. The summed E-state index contributed by atoms with van der Waals surface area (Å²) in [6.45, 7) is 1.16. The number of carbonyl (C=O) groups is 2. The number of amides is 1. The van der Waals surface area contributed by atoms with Gasteiger partial charge < -0.3 is 10.4 Å². The molecule has 31 heavy (non-hydrogen) atoms. The van der Waals surface area contributed by atoms with Crippen LogP contribution in [0.25, 0.3) is 0 Å². The van der Waals surface area contributed by atoms with Gasteiger partial charge in [0, 0.05) is 18.1 Å². The van der Waals surface area contributed by atoms with Gasteiger partial charge in [0.1, 0.15) is 0 Å². The van der Waals surface area contributed by atoms with Crippen LogP contribution in [-0.4, -0.2) is 34.5 Å². The summed E-state index contributed by atoms with van der Waals surface area (Å²) >= 11 is 0. The third-order valence-corrected chi connectivity index (χ3v) is 7.61. The smallest absolute Gasteiger partial charge is 0.336 e. The van der Waals surface area contributed by atoms with Crippen LogP contribution < -0.4 is 5.32 Å². The summed E-state index contributed by atoms with van der Waals surface area (Å²) in [6, 6.07) is 16.8. The molecular formula is C26H30N2O3. The van der Waals surface area contributed by atoms with Gasteiger partial charge in [-0.15, -0.1) is 0 Å². The fourth-order valence-corrected chi connectivity index (χ4v) is 6.02. The molecule has 1 amide bonds. The molecule has 3 aliphatic rings. The van der Waals surface area contributed by atoms with E-state index < -0.39 is 5.97 Å². The van der Waals surface area contributed by atoms with E-state index >= 15 is 0 Å². The Bertz CT molecular complexity index is 949. The first-order valence-electron chi connectivity index (χ1n) is 11.6. The number of hydrogen-bond acceptors (Lipinski definition) is 3. The number of rotatable bonds is 6. The second kappa shape index (κ2) is 8.46. The van der Waals surface area contributed by atoms with Crippen LogP contribution in [-0.2, 0) is 0 Å². The maximum atomic E-state index is 12.6. The molecule has 5 heteroatoms. The quantitative estimate of drug-likeness (QED) is 0.696. The van der Waals surface area contributed by atoms with Gasteiger partial charge in [-0.05, 0) is 80.7 Å². The summed E-state index contributed by atoms with van der Waals surface area (Å²) < 4.78 is 0. The van der Waals surface area contributed by atoms with Gasteiger partial charge in [0.15, 0.2) is 0 Å². The highest BCUT2D eigenvalue weighted by Crippen LogP contribution is 2.53. The van der Waals surface area contributed by atoms with E-state index in [1.165, 1.54) is 25.3 Å². The van der Waals surface area contributed by atoms with E-state index in [1.807, 2.05) is 0 Å². The molecule has 2 N–H and O–H groups in total. The Kier molecular flexibility index (Phi) is 5.53. The van der Waals surface area contributed by atoms with Gasteiger partial charge in [-0.1, -0.05) is 36.4 Å². The second-order valence-corrected chi connectivity index (χ2v) is 9.31. The molecule has 1 saturated heterocycles. The van der Waals surface area contributed by atoms with Crippen molar-refractivity contribution >= 4 is 11.9 Å². The zero-order valence-corrected chi connectivity index (χ0v) is 17.8. The molecule has 162 valence electrons. The highest BCUT2D eigenvalue weighted by atomic mass is 16.4. The summed E-state index contributed by atoms with van der Waals surface area (Å²) in [4.78, 5) is 26.7. The highest BCUT2D eigenvalue weighted by molar-refractivity contribution is 6.04. The Hall–Kier alpha value is -2.66. The number of nitrogens with zero attached hydrogens (tertiary/aromatic N) is 1. The number of aromatic carboxylic acids is 1. The Morgan fingerprint density at radius 2 is 1.42 bits per heavy atom. The maximum absolute atomic E-state index is 12.6. The normalized spacial score (nSPS) is 27.1. The van der Waals surface area contributed by atoms with Crippen molar-refractivity contribution in [1.82, 2.24) is 10.2 Å². The van der Waals surface area contributed by atoms with Crippen LogP contribution >= 0.6 is 0 Å². The Morgan fingerprint density at radius 3 is 2.03 bits per heavy atom. The van der Waals surface area contributed by atoms with Crippen molar-refractivity contribution in [3.63, 3.8) is 0 Å². The summed E-state index contributed by atoms with van der Waals surface area (Å²) in [6.07, 6.45) is 8.00. The minimum atomic E-state index is -1.06. The molecule has 5 rings (SSSR count). The van der Waals surface area contributed by atoms with E-state index in [9.17, 15) is 14.7 Å². The molecule has 1 saturated carbocycles. The Balaban J connectivity index is 1.11. The first kappa shape index (κ1) is 20.3. The van der Waals surface area contributed by atoms with Crippen molar-refractivity contribution in [3.8, 4) is 0 Å². The summed E-state index contributed by atoms with van der Waals surface area (Å²) in [5.74, 6) is -0.622. The van der Waals surface area contributed by atoms with E-state index in [0.717, 1.165) is 32.2 Å². The van der Waals surface area contributed by atoms with E-state index in [2.05, 4.69) is 34.5 Å². The van der Waals surface area contributed by atoms with Crippen molar-refractivity contribution in [3.05, 3.63) is 70.8 Å². The molecule has 2 unspecified atom stereocenters. The standard InChI is InChI=1S/C26H30N2O3/c29-25(21-7-3-4-8-22(21)26(30)31)27-18-11-9-17(10-12-18)15-16-28-23-13-14-24(28)20-6-2-1-5-19(20)23/h1-8,17-18,23-24H,9-16H2,(H,27,29)(H,30,31). The van der Waals surface area contributed by atoms with Crippen molar-refractivity contribution < 1.29 is 14.7 Å². The molecule has 0 spiro atoms. The second-order valence-electron chi connectivity index (χ2n) is 9.31. The van der Waals surface area contributed by atoms with E-state index in [0.29, 0.717) is 18.0 Å². The number of carboxylic acid groups (broad SMARTS) is 1. The average molecular weight is 419 g/mol. The molecule has 2 aromatic rings. The zero-order chi connectivity index (χ0) is 21.4. The van der Waals surface area contributed by atoms with Gasteiger partial charge >= 0.3 is 5.97 Å². The fourth-order valence-electron chi connectivity index (χ4n) is 6.02. The third-order valence-electron chi connectivity index (χ3n) is 7.61. The Labute approximate surface area is 183 Å². The van der Waals surface area contributed by atoms with Crippen LogP contribution in [0, 0.1) is 5.92 Å². The molecule has 2 fully saturated rings. The SMILES string of the molecule is O=C(O)c1ccccc1C(=O)NC1CCC(CCN2C3CCC2c2ccccc23)CC1.